The first-order valence-corrected chi connectivity index (χ1v) is 7.95. The highest BCUT2D eigenvalue weighted by Crippen LogP contribution is 2.14. The molecule has 8 nitrogen and oxygen atoms in total. The van der Waals surface area contributed by atoms with Crippen molar-refractivity contribution < 1.29 is 4.79 Å². The van der Waals surface area contributed by atoms with Crippen molar-refractivity contribution in [3.8, 4) is 0 Å². The fraction of sp³-hybridized carbons (Fsp3) is 0.733. The molecule has 1 amide bonds. The van der Waals surface area contributed by atoms with Crippen LogP contribution in [0.5, 0.6) is 0 Å². The molecule has 0 aliphatic carbocycles. The number of aromatic nitrogens is 3. The Hall–Kier alpha value is -1.39. The van der Waals surface area contributed by atoms with E-state index >= 15 is 0 Å². The number of fused-ring (bicyclic) bond motifs is 1. The topological polar surface area (TPSA) is 96.2 Å². The second-order valence-corrected chi connectivity index (χ2v) is 6.53. The molecule has 1 aliphatic rings. The first-order chi connectivity index (χ1) is 10.9. The van der Waals surface area contributed by atoms with E-state index in [2.05, 4.69) is 31.0 Å². The third-order valence-corrected chi connectivity index (χ3v) is 4.07. The Labute approximate surface area is 160 Å². The van der Waals surface area contributed by atoms with Crippen molar-refractivity contribution in [2.75, 3.05) is 20.6 Å². The number of guanidine groups is 1. The number of halogens is 1. The number of nitrogens with zero attached hydrogens (tertiary/aromatic N) is 4. The Kier molecular flexibility index (Phi) is 7.43. The molecule has 2 rings (SSSR count). The number of rotatable bonds is 4. The molecule has 136 valence electrons. The van der Waals surface area contributed by atoms with Crippen LogP contribution >= 0.6 is 24.0 Å². The van der Waals surface area contributed by atoms with Crippen molar-refractivity contribution in [1.82, 2.24) is 30.7 Å². The van der Waals surface area contributed by atoms with Crippen LogP contribution in [0.1, 0.15) is 31.9 Å². The summed E-state index contributed by atoms with van der Waals surface area (Å²) >= 11 is 0. The summed E-state index contributed by atoms with van der Waals surface area (Å²) in [7, 11) is 3.38. The predicted molar refractivity (Wildman–Crippen MR) is 105 cm³/mol. The summed E-state index contributed by atoms with van der Waals surface area (Å²) in [5.74, 6) is 2.56. The molecule has 0 radical (unpaired) electrons. The van der Waals surface area contributed by atoms with E-state index < -0.39 is 5.41 Å². The van der Waals surface area contributed by atoms with Gasteiger partial charge in [-0.2, -0.15) is 5.10 Å². The summed E-state index contributed by atoms with van der Waals surface area (Å²) < 4.78 is 1.96. The van der Waals surface area contributed by atoms with Gasteiger partial charge in [0.25, 0.3) is 0 Å². The minimum absolute atomic E-state index is 0. The van der Waals surface area contributed by atoms with Gasteiger partial charge in [-0.3, -0.25) is 9.79 Å². The number of hydrogen-bond acceptors (Lipinski definition) is 4. The quantitative estimate of drug-likeness (QED) is 0.353. The lowest BCUT2D eigenvalue weighted by molar-refractivity contribution is -0.128. The lowest BCUT2D eigenvalue weighted by atomic mass is 9.92. The van der Waals surface area contributed by atoms with Crippen molar-refractivity contribution in [3.05, 3.63) is 11.6 Å². The third kappa shape index (κ3) is 5.05. The number of amides is 1. The van der Waals surface area contributed by atoms with Gasteiger partial charge in [0.1, 0.15) is 11.6 Å². The average Bonchev–Trinajstić information content (AvgIpc) is 2.89. The molecule has 2 heterocycles. The molecule has 1 atom stereocenters. The van der Waals surface area contributed by atoms with E-state index in [9.17, 15) is 4.79 Å². The van der Waals surface area contributed by atoms with Crippen LogP contribution in [0.3, 0.4) is 0 Å². The molecule has 0 spiro atoms. The molecule has 1 aliphatic heterocycles. The maximum atomic E-state index is 11.8. The van der Waals surface area contributed by atoms with Crippen LogP contribution in [0.15, 0.2) is 4.99 Å². The number of hydrogen-bond donors (Lipinski definition) is 3. The van der Waals surface area contributed by atoms with Gasteiger partial charge in [0.2, 0.25) is 5.91 Å². The molecular formula is C15H28IN7O. The first-order valence-electron chi connectivity index (χ1n) is 7.95. The fourth-order valence-corrected chi connectivity index (χ4v) is 2.66. The number of aliphatic imine (C=N–C) groups is 1. The summed E-state index contributed by atoms with van der Waals surface area (Å²) in [6, 6.07) is 0.248. The van der Waals surface area contributed by atoms with Crippen molar-refractivity contribution in [2.45, 2.75) is 46.2 Å². The van der Waals surface area contributed by atoms with Crippen LogP contribution in [0.2, 0.25) is 0 Å². The van der Waals surface area contributed by atoms with Gasteiger partial charge in [-0.1, -0.05) is 0 Å². The van der Waals surface area contributed by atoms with Crippen LogP contribution in [0, 0.1) is 12.3 Å². The van der Waals surface area contributed by atoms with Crippen LogP contribution < -0.4 is 16.0 Å². The van der Waals surface area contributed by atoms with Gasteiger partial charge in [0.15, 0.2) is 5.96 Å². The minimum Gasteiger partial charge on any atom is -0.359 e. The number of carbonyl (C=O) groups is 1. The highest BCUT2D eigenvalue weighted by atomic mass is 127. The van der Waals surface area contributed by atoms with Crippen molar-refractivity contribution >= 4 is 35.8 Å². The van der Waals surface area contributed by atoms with Gasteiger partial charge in [-0.15, -0.1) is 24.0 Å². The molecular weight excluding hydrogens is 421 g/mol. The Bertz CT molecular complexity index is 597. The normalized spacial score (nSPS) is 17.5. The summed E-state index contributed by atoms with van der Waals surface area (Å²) in [5.41, 5.74) is -0.505. The molecule has 0 bridgehead atoms. The van der Waals surface area contributed by atoms with E-state index in [0.717, 1.165) is 31.0 Å². The van der Waals surface area contributed by atoms with Gasteiger partial charge in [0.05, 0.1) is 12.0 Å². The fourth-order valence-electron chi connectivity index (χ4n) is 2.66. The van der Waals surface area contributed by atoms with Crippen molar-refractivity contribution in [1.29, 1.82) is 0 Å². The third-order valence-electron chi connectivity index (χ3n) is 4.07. The molecule has 0 saturated carbocycles. The predicted octanol–water partition coefficient (Wildman–Crippen LogP) is 0.457. The molecule has 1 aromatic heterocycles. The van der Waals surface area contributed by atoms with Crippen LogP contribution in [0.25, 0.3) is 0 Å². The van der Waals surface area contributed by atoms with Crippen molar-refractivity contribution in [3.63, 3.8) is 0 Å². The second kappa shape index (κ2) is 8.63. The molecule has 0 aromatic carbocycles. The zero-order valence-electron chi connectivity index (χ0n) is 15.0. The number of carbonyl (C=O) groups excluding carboxylic acids is 1. The molecule has 1 aromatic rings. The summed E-state index contributed by atoms with van der Waals surface area (Å²) in [4.78, 5) is 20.5. The largest absolute Gasteiger partial charge is 0.359 e. The standard InChI is InChI=1S/C15H27N7O.HI/c1-10-19-12-7-6-11(8-22(12)21-10)20-14(17-5)18-9-15(2,3)13(23)16-4;/h11H,6-9H2,1-5H3,(H,16,23)(H2,17,18,20);1H. The summed E-state index contributed by atoms with van der Waals surface area (Å²) in [5, 5.41) is 13.7. The molecule has 1 unspecified atom stereocenters. The lowest BCUT2D eigenvalue weighted by Gasteiger charge is -2.28. The SMILES string of the molecule is CN=C(NCC(C)(C)C(=O)NC)NC1CCc2nc(C)nn2C1.I. The smallest absolute Gasteiger partial charge is 0.227 e. The Morgan fingerprint density at radius 3 is 2.79 bits per heavy atom. The maximum absolute atomic E-state index is 11.8. The van der Waals surface area contributed by atoms with Gasteiger partial charge in [-0.05, 0) is 27.2 Å². The summed E-state index contributed by atoms with van der Waals surface area (Å²) in [6.07, 6.45) is 1.89. The molecule has 24 heavy (non-hydrogen) atoms. The van der Waals surface area contributed by atoms with Crippen molar-refractivity contribution in [2.24, 2.45) is 10.4 Å². The summed E-state index contributed by atoms with van der Waals surface area (Å²) in [6.45, 7) is 6.99. The van der Waals surface area contributed by atoms with E-state index in [1.54, 1.807) is 14.1 Å². The monoisotopic (exact) mass is 449 g/mol. The highest BCUT2D eigenvalue weighted by Gasteiger charge is 2.27. The van der Waals surface area contributed by atoms with Crippen LogP contribution in [-0.4, -0.2) is 53.3 Å². The van der Waals surface area contributed by atoms with E-state index in [4.69, 9.17) is 0 Å². The van der Waals surface area contributed by atoms with E-state index in [1.807, 2.05) is 25.5 Å². The van der Waals surface area contributed by atoms with Gasteiger partial charge in [0, 0.05) is 33.1 Å². The maximum Gasteiger partial charge on any atom is 0.227 e. The molecule has 0 fully saturated rings. The van der Waals surface area contributed by atoms with Gasteiger partial charge < -0.3 is 16.0 Å². The Morgan fingerprint density at radius 1 is 1.46 bits per heavy atom. The highest BCUT2D eigenvalue weighted by molar-refractivity contribution is 14.0. The Morgan fingerprint density at radius 2 is 2.17 bits per heavy atom. The van der Waals surface area contributed by atoms with Crippen LogP contribution in [0.4, 0.5) is 0 Å². The van der Waals surface area contributed by atoms with Gasteiger partial charge in [-0.25, -0.2) is 9.67 Å². The number of nitrogens with one attached hydrogen (secondary N) is 3. The lowest BCUT2D eigenvalue weighted by Crippen LogP contribution is -2.51. The zero-order valence-corrected chi connectivity index (χ0v) is 17.3. The first kappa shape index (κ1) is 20.7. The van der Waals surface area contributed by atoms with Crippen LogP contribution in [-0.2, 0) is 17.8 Å². The van der Waals surface area contributed by atoms with E-state index in [0.29, 0.717) is 12.5 Å². The average molecular weight is 449 g/mol. The molecule has 3 N–H and O–H groups in total. The van der Waals surface area contributed by atoms with E-state index in [1.165, 1.54) is 0 Å². The molecule has 0 saturated heterocycles. The van der Waals surface area contributed by atoms with E-state index in [-0.39, 0.29) is 35.9 Å². The zero-order chi connectivity index (χ0) is 17.0. The minimum atomic E-state index is -0.505. The van der Waals surface area contributed by atoms with Gasteiger partial charge >= 0.3 is 0 Å². The number of aryl methyl sites for hydroxylation is 2. The second-order valence-electron chi connectivity index (χ2n) is 6.53. The molecule has 9 heteroatoms. The Balaban J connectivity index is 0.00000288.